The number of aromatic nitrogens is 6. The van der Waals surface area contributed by atoms with Crippen LogP contribution in [0.2, 0.25) is 0 Å². The van der Waals surface area contributed by atoms with Gasteiger partial charge in [-0.2, -0.15) is 5.10 Å². The molecular formula is C23H21N7O2. The largest absolute Gasteiger partial charge is 0.495 e. The van der Waals surface area contributed by atoms with Gasteiger partial charge < -0.3 is 10.1 Å². The maximum atomic E-state index is 12.9. The first-order valence-corrected chi connectivity index (χ1v) is 10.2. The van der Waals surface area contributed by atoms with Crippen LogP contribution >= 0.6 is 0 Å². The van der Waals surface area contributed by atoms with Gasteiger partial charge in [-0.1, -0.05) is 24.3 Å². The van der Waals surface area contributed by atoms with Gasteiger partial charge in [-0.3, -0.25) is 18.9 Å². The zero-order valence-electron chi connectivity index (χ0n) is 17.5. The topological polar surface area (TPSA) is 99.2 Å². The zero-order valence-corrected chi connectivity index (χ0v) is 17.5. The van der Waals surface area contributed by atoms with Gasteiger partial charge in [0.05, 0.1) is 31.1 Å². The number of fused-ring (bicyclic) bond motifs is 2. The van der Waals surface area contributed by atoms with Crippen molar-refractivity contribution < 1.29 is 9.53 Å². The fraction of sp³-hybridized carbons (Fsp3) is 0.174. The van der Waals surface area contributed by atoms with E-state index in [1.165, 1.54) is 0 Å². The number of ether oxygens (including phenoxy) is 1. The van der Waals surface area contributed by atoms with Crippen LogP contribution in [0.25, 0.3) is 16.6 Å². The molecule has 0 saturated carbocycles. The van der Waals surface area contributed by atoms with Crippen LogP contribution in [0.5, 0.6) is 5.75 Å². The minimum absolute atomic E-state index is 0.225. The number of para-hydroxylation sites is 1. The number of hydrogen-bond donors (Lipinski definition) is 1. The first-order chi connectivity index (χ1) is 15.7. The third-order valence-corrected chi connectivity index (χ3v) is 5.24. The predicted molar refractivity (Wildman–Crippen MR) is 119 cm³/mol. The van der Waals surface area contributed by atoms with Crippen LogP contribution in [0.15, 0.2) is 67.0 Å². The summed E-state index contributed by atoms with van der Waals surface area (Å²) < 4.78 is 8.88. The van der Waals surface area contributed by atoms with Crippen LogP contribution in [-0.2, 0) is 13.0 Å². The molecule has 0 aliphatic heterocycles. The maximum Gasteiger partial charge on any atom is 0.272 e. The fourth-order valence-electron chi connectivity index (χ4n) is 3.63. The summed E-state index contributed by atoms with van der Waals surface area (Å²) in [5.74, 6) is 1.26. The summed E-state index contributed by atoms with van der Waals surface area (Å²) in [6.45, 7) is 0.874. The van der Waals surface area contributed by atoms with Gasteiger partial charge in [0, 0.05) is 24.5 Å². The molecule has 1 N–H and O–H groups in total. The summed E-state index contributed by atoms with van der Waals surface area (Å²) in [7, 11) is 1.61. The highest BCUT2D eigenvalue weighted by Crippen LogP contribution is 2.20. The number of nitrogens with zero attached hydrogens (tertiary/aromatic N) is 6. The van der Waals surface area contributed by atoms with Crippen molar-refractivity contribution in [2.75, 3.05) is 13.7 Å². The number of nitrogens with one attached hydrogen (secondary N) is 1. The molecule has 160 valence electrons. The molecule has 9 heteroatoms. The number of hydrogen-bond acceptors (Lipinski definition) is 6. The average molecular weight is 427 g/mol. The first kappa shape index (κ1) is 19.7. The van der Waals surface area contributed by atoms with Gasteiger partial charge >= 0.3 is 0 Å². The van der Waals surface area contributed by atoms with Crippen molar-refractivity contribution >= 4 is 22.5 Å². The molecule has 5 aromatic rings. The third kappa shape index (κ3) is 3.76. The Labute approximate surface area is 183 Å². The molecule has 0 bridgehead atoms. The van der Waals surface area contributed by atoms with E-state index in [1.807, 2.05) is 65.2 Å². The Hall–Kier alpha value is -4.27. The monoisotopic (exact) mass is 427 g/mol. The molecule has 0 aliphatic carbocycles. The van der Waals surface area contributed by atoms with E-state index < -0.39 is 0 Å². The summed E-state index contributed by atoms with van der Waals surface area (Å²) in [6, 6.07) is 17.2. The van der Waals surface area contributed by atoms with Crippen LogP contribution in [0.3, 0.4) is 0 Å². The van der Waals surface area contributed by atoms with Crippen LogP contribution in [0.4, 0.5) is 0 Å². The lowest BCUT2D eigenvalue weighted by atomic mass is 10.2. The summed E-state index contributed by atoms with van der Waals surface area (Å²) in [5.41, 5.74) is 2.87. The Bertz CT molecular complexity index is 1390. The van der Waals surface area contributed by atoms with Gasteiger partial charge in [0.2, 0.25) is 0 Å². The third-order valence-electron chi connectivity index (χ3n) is 5.24. The molecule has 1 amide bonds. The molecule has 32 heavy (non-hydrogen) atoms. The van der Waals surface area contributed by atoms with Crippen LogP contribution in [0, 0.1) is 0 Å². The van der Waals surface area contributed by atoms with E-state index >= 15 is 0 Å². The molecule has 0 fully saturated rings. The number of pyridine rings is 2. The molecule has 4 aromatic heterocycles. The van der Waals surface area contributed by atoms with Crippen molar-refractivity contribution in [1.82, 2.24) is 34.7 Å². The molecule has 1 aromatic carbocycles. The molecular weight excluding hydrogens is 406 g/mol. The molecule has 5 rings (SSSR count). The molecule has 0 aliphatic rings. The summed E-state index contributed by atoms with van der Waals surface area (Å²) in [5, 5.41) is 16.7. The van der Waals surface area contributed by atoms with Gasteiger partial charge in [-0.05, 0) is 30.3 Å². The highest BCUT2D eigenvalue weighted by atomic mass is 16.5. The highest BCUT2D eigenvalue weighted by Gasteiger charge is 2.17. The highest BCUT2D eigenvalue weighted by molar-refractivity contribution is 6.04. The van der Waals surface area contributed by atoms with E-state index in [9.17, 15) is 4.79 Å². The number of rotatable bonds is 7. The van der Waals surface area contributed by atoms with Gasteiger partial charge in [0.15, 0.2) is 11.3 Å². The normalized spacial score (nSPS) is 11.2. The van der Waals surface area contributed by atoms with E-state index in [0.29, 0.717) is 31.0 Å². The van der Waals surface area contributed by atoms with Crippen molar-refractivity contribution in [2.24, 2.45) is 0 Å². The number of amides is 1. The molecule has 4 heterocycles. The second-order valence-electron chi connectivity index (χ2n) is 7.26. The number of carbonyl (C=O) groups is 1. The van der Waals surface area contributed by atoms with Crippen molar-refractivity contribution in [3.05, 3.63) is 84.2 Å². The average Bonchev–Trinajstić information content (AvgIpc) is 3.41. The smallest absolute Gasteiger partial charge is 0.272 e. The molecule has 0 atom stereocenters. The molecule has 0 radical (unpaired) electrons. The van der Waals surface area contributed by atoms with Gasteiger partial charge in [0.25, 0.3) is 5.91 Å². The first-order valence-electron chi connectivity index (χ1n) is 10.2. The Morgan fingerprint density at radius 2 is 1.94 bits per heavy atom. The van der Waals surface area contributed by atoms with Gasteiger partial charge in [0.1, 0.15) is 11.6 Å². The lowest BCUT2D eigenvalue weighted by molar-refractivity contribution is 0.0949. The SMILES string of the molecule is COc1ccc(Cn2nc(C(=O)NCCc3nnc4ccccn34)c3ccccc32)nc1. The Kier molecular flexibility index (Phi) is 5.20. The van der Waals surface area contributed by atoms with Crippen LogP contribution in [-0.4, -0.2) is 48.9 Å². The molecule has 0 saturated heterocycles. The lowest BCUT2D eigenvalue weighted by Crippen LogP contribution is -2.27. The lowest BCUT2D eigenvalue weighted by Gasteiger charge is -2.04. The van der Waals surface area contributed by atoms with E-state index in [2.05, 4.69) is 25.6 Å². The van der Waals surface area contributed by atoms with Crippen LogP contribution < -0.4 is 10.1 Å². The number of benzene rings is 1. The molecule has 9 nitrogen and oxygen atoms in total. The Morgan fingerprint density at radius 3 is 2.78 bits per heavy atom. The zero-order chi connectivity index (χ0) is 21.9. The van der Waals surface area contributed by atoms with Crippen LogP contribution in [0.1, 0.15) is 22.0 Å². The second kappa shape index (κ2) is 8.46. The number of methoxy groups -OCH3 is 1. The quantitative estimate of drug-likeness (QED) is 0.428. The summed E-state index contributed by atoms with van der Waals surface area (Å²) in [4.78, 5) is 17.3. The van der Waals surface area contributed by atoms with Gasteiger partial charge in [-0.25, -0.2) is 0 Å². The van der Waals surface area contributed by atoms with Crippen molar-refractivity contribution in [3.63, 3.8) is 0 Å². The summed E-state index contributed by atoms with van der Waals surface area (Å²) in [6.07, 6.45) is 4.14. The van der Waals surface area contributed by atoms with Crippen molar-refractivity contribution in [3.8, 4) is 5.75 Å². The van der Waals surface area contributed by atoms with E-state index in [0.717, 1.165) is 28.1 Å². The number of carbonyl (C=O) groups excluding carboxylic acids is 1. The minimum atomic E-state index is -0.225. The Balaban J connectivity index is 1.33. The Morgan fingerprint density at radius 1 is 1.06 bits per heavy atom. The summed E-state index contributed by atoms with van der Waals surface area (Å²) >= 11 is 0. The van der Waals surface area contributed by atoms with Gasteiger partial charge in [-0.15, -0.1) is 10.2 Å². The second-order valence-corrected chi connectivity index (χ2v) is 7.26. The molecule has 0 spiro atoms. The standard InChI is InChI=1S/C23H21N7O2/c1-32-17-10-9-16(25-14-17)15-30-19-7-3-2-6-18(19)22(28-30)23(31)24-12-11-21-27-26-20-8-4-5-13-29(20)21/h2-10,13-14H,11-12,15H2,1H3,(H,24,31). The fourth-order valence-corrected chi connectivity index (χ4v) is 3.63. The molecule has 0 unspecified atom stereocenters. The predicted octanol–water partition coefficient (Wildman–Crippen LogP) is 2.50. The van der Waals surface area contributed by atoms with Crippen molar-refractivity contribution in [2.45, 2.75) is 13.0 Å². The van der Waals surface area contributed by atoms with E-state index in [-0.39, 0.29) is 5.91 Å². The maximum absolute atomic E-state index is 12.9. The van der Waals surface area contributed by atoms with Crippen molar-refractivity contribution in [1.29, 1.82) is 0 Å². The van der Waals surface area contributed by atoms with E-state index in [4.69, 9.17) is 4.74 Å². The minimum Gasteiger partial charge on any atom is -0.495 e. The van der Waals surface area contributed by atoms with E-state index in [1.54, 1.807) is 18.0 Å².